The van der Waals surface area contributed by atoms with Crippen molar-refractivity contribution < 1.29 is 8.42 Å². The molecule has 102 valence electrons. The van der Waals surface area contributed by atoms with E-state index in [2.05, 4.69) is 0 Å². The van der Waals surface area contributed by atoms with Gasteiger partial charge in [0.25, 0.3) is 0 Å². The third kappa shape index (κ3) is 3.36. The molecule has 0 N–H and O–H groups in total. The predicted molar refractivity (Wildman–Crippen MR) is 79.0 cm³/mol. The maximum atomic E-state index is 12.4. The Bertz CT molecular complexity index is 638. The van der Waals surface area contributed by atoms with Gasteiger partial charge in [-0.1, -0.05) is 30.3 Å². The molecule has 0 bridgehead atoms. The second-order valence-electron chi connectivity index (χ2n) is 4.13. The molecule has 0 unspecified atom stereocenters. The maximum Gasteiger partial charge on any atom is 0.243 e. The van der Waals surface area contributed by atoms with Crippen molar-refractivity contribution in [2.24, 2.45) is 0 Å². The summed E-state index contributed by atoms with van der Waals surface area (Å²) in [6.07, 6.45) is 0. The summed E-state index contributed by atoms with van der Waals surface area (Å²) >= 11 is 7.06. The minimum Gasteiger partial charge on any atom is -0.207 e. The number of thiophene rings is 1. The zero-order valence-corrected chi connectivity index (χ0v) is 12.8. The number of halogens is 1. The second-order valence-corrected chi connectivity index (χ2v) is 7.44. The van der Waals surface area contributed by atoms with Gasteiger partial charge in [0.2, 0.25) is 10.0 Å². The highest BCUT2D eigenvalue weighted by Gasteiger charge is 2.22. The molecule has 0 aliphatic rings. The number of benzene rings is 1. The second kappa shape index (κ2) is 6.05. The number of alkyl halides is 1. The Balaban J connectivity index is 2.19. The van der Waals surface area contributed by atoms with Gasteiger partial charge in [0, 0.05) is 23.8 Å². The molecule has 0 amide bonds. The van der Waals surface area contributed by atoms with Gasteiger partial charge in [-0.2, -0.15) is 4.31 Å². The first-order valence-electron chi connectivity index (χ1n) is 5.67. The van der Waals surface area contributed by atoms with Crippen molar-refractivity contribution in [3.05, 3.63) is 52.2 Å². The van der Waals surface area contributed by atoms with Crippen LogP contribution in [0.4, 0.5) is 0 Å². The van der Waals surface area contributed by atoms with Crippen LogP contribution >= 0.6 is 22.9 Å². The molecule has 6 heteroatoms. The molecule has 1 aromatic heterocycles. The molecule has 0 aliphatic heterocycles. The minimum absolute atomic E-state index is 0.312. The highest BCUT2D eigenvalue weighted by atomic mass is 35.5. The first kappa shape index (κ1) is 14.5. The average Bonchev–Trinajstić information content (AvgIpc) is 2.89. The molecule has 3 nitrogen and oxygen atoms in total. The molecule has 1 aromatic carbocycles. The quantitative estimate of drug-likeness (QED) is 0.794. The molecule has 0 spiro atoms. The zero-order valence-electron chi connectivity index (χ0n) is 10.4. The Morgan fingerprint density at radius 1 is 1.26 bits per heavy atom. The van der Waals surface area contributed by atoms with E-state index in [0.717, 1.165) is 10.4 Å². The Labute approximate surface area is 122 Å². The predicted octanol–water partition coefficient (Wildman–Crippen LogP) is 3.31. The lowest BCUT2D eigenvalue weighted by molar-refractivity contribution is 0.467. The number of hydrogen-bond donors (Lipinski definition) is 0. The van der Waals surface area contributed by atoms with Gasteiger partial charge >= 0.3 is 0 Å². The van der Waals surface area contributed by atoms with Crippen LogP contribution < -0.4 is 0 Å². The molecule has 0 fully saturated rings. The summed E-state index contributed by atoms with van der Waals surface area (Å²) in [6, 6.07) is 11.1. The first-order chi connectivity index (χ1) is 9.04. The normalized spacial score (nSPS) is 11.9. The van der Waals surface area contributed by atoms with Gasteiger partial charge < -0.3 is 0 Å². The first-order valence-corrected chi connectivity index (χ1v) is 8.53. The van der Waals surface area contributed by atoms with E-state index in [4.69, 9.17) is 11.6 Å². The minimum atomic E-state index is -3.44. The summed E-state index contributed by atoms with van der Waals surface area (Å²) < 4.78 is 26.1. The average molecular weight is 316 g/mol. The van der Waals surface area contributed by atoms with Gasteiger partial charge in [0.05, 0.1) is 10.8 Å². The van der Waals surface area contributed by atoms with Crippen molar-refractivity contribution in [1.29, 1.82) is 0 Å². The van der Waals surface area contributed by atoms with Crippen LogP contribution in [-0.2, 0) is 22.4 Å². The fourth-order valence-electron chi connectivity index (χ4n) is 1.67. The van der Waals surface area contributed by atoms with Crippen LogP contribution in [0.3, 0.4) is 0 Å². The molecule has 0 atom stereocenters. The van der Waals surface area contributed by atoms with Crippen LogP contribution in [0.2, 0.25) is 0 Å². The van der Waals surface area contributed by atoms with Crippen molar-refractivity contribution in [1.82, 2.24) is 4.31 Å². The molecule has 2 aromatic rings. The lowest BCUT2D eigenvalue weighted by Crippen LogP contribution is -2.26. The lowest BCUT2D eigenvalue weighted by Gasteiger charge is -2.16. The molecular formula is C13H14ClNO2S2. The van der Waals surface area contributed by atoms with Crippen LogP contribution in [0, 0.1) is 0 Å². The number of nitrogens with zero attached hydrogens (tertiary/aromatic N) is 1. The molecule has 1 heterocycles. The largest absolute Gasteiger partial charge is 0.243 e. The van der Waals surface area contributed by atoms with E-state index >= 15 is 0 Å². The van der Waals surface area contributed by atoms with Crippen molar-refractivity contribution in [2.45, 2.75) is 17.3 Å². The Hall–Kier alpha value is -0.880. The maximum absolute atomic E-state index is 12.4. The van der Waals surface area contributed by atoms with Gasteiger partial charge in [0.1, 0.15) is 0 Å². The summed E-state index contributed by atoms with van der Waals surface area (Å²) in [5.74, 6) is 0.336. The van der Waals surface area contributed by atoms with Crippen molar-refractivity contribution in [3.8, 4) is 0 Å². The number of hydrogen-bond acceptors (Lipinski definition) is 3. The third-order valence-electron chi connectivity index (χ3n) is 2.72. The Kier molecular flexibility index (Phi) is 4.62. The van der Waals surface area contributed by atoms with Crippen LogP contribution in [0.25, 0.3) is 0 Å². The molecular weight excluding hydrogens is 302 g/mol. The third-order valence-corrected chi connectivity index (χ3v) is 6.03. The van der Waals surface area contributed by atoms with Gasteiger partial charge in [-0.05, 0) is 11.6 Å². The van der Waals surface area contributed by atoms with Gasteiger partial charge in [-0.3, -0.25) is 0 Å². The van der Waals surface area contributed by atoms with E-state index in [1.54, 1.807) is 18.5 Å². The summed E-state index contributed by atoms with van der Waals surface area (Å²) in [5, 5.41) is 1.63. The number of sulfonamides is 1. The van der Waals surface area contributed by atoms with Crippen molar-refractivity contribution in [3.63, 3.8) is 0 Å². The van der Waals surface area contributed by atoms with Gasteiger partial charge in [-0.25, -0.2) is 8.42 Å². The van der Waals surface area contributed by atoms with E-state index in [9.17, 15) is 8.42 Å². The molecule has 19 heavy (non-hydrogen) atoms. The lowest BCUT2D eigenvalue weighted by atomic mass is 10.2. The van der Waals surface area contributed by atoms with E-state index < -0.39 is 10.0 Å². The summed E-state index contributed by atoms with van der Waals surface area (Å²) in [4.78, 5) is 1.17. The summed E-state index contributed by atoms with van der Waals surface area (Å²) in [7, 11) is -1.86. The molecule has 0 radical (unpaired) electrons. The summed E-state index contributed by atoms with van der Waals surface area (Å²) in [5.41, 5.74) is 0.960. The SMILES string of the molecule is CN(Cc1ccccc1)S(=O)(=O)c1csc(CCl)c1. The standard InChI is InChI=1S/C13H14ClNO2S2/c1-15(9-11-5-3-2-4-6-11)19(16,17)13-7-12(8-14)18-10-13/h2-7,10H,8-9H2,1H3. The Morgan fingerprint density at radius 3 is 2.53 bits per heavy atom. The Morgan fingerprint density at radius 2 is 1.95 bits per heavy atom. The van der Waals surface area contributed by atoms with E-state index in [0.29, 0.717) is 17.3 Å². The highest BCUT2D eigenvalue weighted by Crippen LogP contribution is 2.24. The monoisotopic (exact) mass is 315 g/mol. The highest BCUT2D eigenvalue weighted by molar-refractivity contribution is 7.89. The summed E-state index contributed by atoms with van der Waals surface area (Å²) in [6.45, 7) is 0.356. The fourth-order valence-corrected chi connectivity index (χ4v) is 4.21. The van der Waals surface area contributed by atoms with E-state index in [1.807, 2.05) is 30.3 Å². The number of rotatable bonds is 5. The van der Waals surface area contributed by atoms with Crippen LogP contribution in [-0.4, -0.2) is 19.8 Å². The zero-order chi connectivity index (χ0) is 13.9. The van der Waals surface area contributed by atoms with E-state index in [1.165, 1.54) is 15.6 Å². The molecule has 0 saturated heterocycles. The molecule has 0 saturated carbocycles. The topological polar surface area (TPSA) is 37.4 Å². The van der Waals surface area contributed by atoms with E-state index in [-0.39, 0.29) is 0 Å². The van der Waals surface area contributed by atoms with Crippen LogP contribution in [0.15, 0.2) is 46.7 Å². The molecule has 2 rings (SSSR count). The fraction of sp³-hybridized carbons (Fsp3) is 0.231. The van der Waals surface area contributed by atoms with Crippen molar-refractivity contribution >= 4 is 33.0 Å². The molecule has 0 aliphatic carbocycles. The van der Waals surface area contributed by atoms with Gasteiger partial charge in [-0.15, -0.1) is 22.9 Å². The smallest absolute Gasteiger partial charge is 0.207 e. The van der Waals surface area contributed by atoms with Crippen LogP contribution in [0.5, 0.6) is 0 Å². The van der Waals surface area contributed by atoms with Gasteiger partial charge in [0.15, 0.2) is 0 Å². The van der Waals surface area contributed by atoms with Crippen LogP contribution in [0.1, 0.15) is 10.4 Å². The van der Waals surface area contributed by atoms with Crippen molar-refractivity contribution in [2.75, 3.05) is 7.05 Å².